The predicted molar refractivity (Wildman–Crippen MR) is 75.7 cm³/mol. The normalized spacial score (nSPS) is 10.9. The molecule has 0 saturated carbocycles. The molecular formula is C14H25N3O. The highest BCUT2D eigenvalue weighted by molar-refractivity contribution is 5.35. The van der Waals surface area contributed by atoms with Crippen LogP contribution in [0.2, 0.25) is 0 Å². The van der Waals surface area contributed by atoms with Crippen molar-refractivity contribution in [2.45, 2.75) is 33.2 Å². The Hall–Kier alpha value is -1.13. The van der Waals surface area contributed by atoms with Crippen LogP contribution in [-0.4, -0.2) is 41.2 Å². The Kier molecular flexibility index (Phi) is 7.37. The fraction of sp³-hybridized carbons (Fsp3) is 0.643. The summed E-state index contributed by atoms with van der Waals surface area (Å²) < 4.78 is 0. The lowest BCUT2D eigenvalue weighted by Crippen LogP contribution is -2.27. The first-order chi connectivity index (χ1) is 8.80. The number of hydrogen-bond acceptors (Lipinski definition) is 4. The SMILES string of the molecule is CCCCN(CCO)Cc1ccc(NCC)nc1. The van der Waals surface area contributed by atoms with Gasteiger partial charge >= 0.3 is 0 Å². The number of hydrogen-bond donors (Lipinski definition) is 2. The van der Waals surface area contributed by atoms with Crippen molar-refractivity contribution in [2.24, 2.45) is 0 Å². The van der Waals surface area contributed by atoms with Gasteiger partial charge in [0.15, 0.2) is 0 Å². The number of aliphatic hydroxyl groups is 1. The smallest absolute Gasteiger partial charge is 0.125 e. The monoisotopic (exact) mass is 251 g/mol. The second-order valence-electron chi connectivity index (χ2n) is 4.44. The van der Waals surface area contributed by atoms with E-state index in [4.69, 9.17) is 5.11 Å². The molecule has 1 rings (SSSR count). The minimum atomic E-state index is 0.215. The third kappa shape index (κ3) is 5.47. The molecule has 0 aliphatic heterocycles. The van der Waals surface area contributed by atoms with Crippen LogP contribution in [0.5, 0.6) is 0 Å². The summed E-state index contributed by atoms with van der Waals surface area (Å²) in [5.41, 5.74) is 1.20. The largest absolute Gasteiger partial charge is 0.395 e. The Bertz CT molecular complexity index is 313. The third-order valence-electron chi connectivity index (χ3n) is 2.83. The van der Waals surface area contributed by atoms with E-state index >= 15 is 0 Å². The van der Waals surface area contributed by atoms with Crippen molar-refractivity contribution in [3.05, 3.63) is 23.9 Å². The van der Waals surface area contributed by atoms with E-state index in [2.05, 4.69) is 35.1 Å². The highest BCUT2D eigenvalue weighted by Gasteiger charge is 2.05. The zero-order chi connectivity index (χ0) is 13.2. The van der Waals surface area contributed by atoms with Crippen LogP contribution in [0.15, 0.2) is 18.3 Å². The number of anilines is 1. The van der Waals surface area contributed by atoms with Crippen molar-refractivity contribution in [3.8, 4) is 0 Å². The summed E-state index contributed by atoms with van der Waals surface area (Å²) >= 11 is 0. The van der Waals surface area contributed by atoms with Gasteiger partial charge in [-0.15, -0.1) is 0 Å². The van der Waals surface area contributed by atoms with E-state index in [1.807, 2.05) is 12.3 Å². The van der Waals surface area contributed by atoms with E-state index in [1.165, 1.54) is 18.4 Å². The number of unbranched alkanes of at least 4 members (excludes halogenated alkanes) is 1. The average molecular weight is 251 g/mol. The van der Waals surface area contributed by atoms with Gasteiger partial charge in [-0.25, -0.2) is 4.98 Å². The number of rotatable bonds is 9. The maximum absolute atomic E-state index is 9.06. The van der Waals surface area contributed by atoms with E-state index in [-0.39, 0.29) is 6.61 Å². The highest BCUT2D eigenvalue weighted by atomic mass is 16.3. The van der Waals surface area contributed by atoms with Crippen molar-refractivity contribution < 1.29 is 5.11 Å². The predicted octanol–water partition coefficient (Wildman–Crippen LogP) is 2.11. The van der Waals surface area contributed by atoms with Gasteiger partial charge in [-0.2, -0.15) is 0 Å². The molecule has 1 aromatic rings. The highest BCUT2D eigenvalue weighted by Crippen LogP contribution is 2.08. The first-order valence-corrected chi connectivity index (χ1v) is 6.82. The van der Waals surface area contributed by atoms with Crippen molar-refractivity contribution >= 4 is 5.82 Å². The summed E-state index contributed by atoms with van der Waals surface area (Å²) in [6.45, 7) is 7.97. The van der Waals surface area contributed by atoms with Crippen molar-refractivity contribution in [3.63, 3.8) is 0 Å². The minimum Gasteiger partial charge on any atom is -0.395 e. The molecule has 0 aromatic carbocycles. The van der Waals surface area contributed by atoms with E-state index in [0.717, 1.165) is 32.0 Å². The Morgan fingerprint density at radius 3 is 2.67 bits per heavy atom. The first kappa shape index (κ1) is 14.9. The van der Waals surface area contributed by atoms with Crippen LogP contribution in [0.1, 0.15) is 32.3 Å². The molecule has 1 aromatic heterocycles. The standard InChI is InChI=1S/C14H25N3O/c1-3-5-8-17(9-10-18)12-13-6-7-14(15-4-2)16-11-13/h6-7,11,18H,3-5,8-10,12H2,1-2H3,(H,15,16). The molecule has 0 atom stereocenters. The lowest BCUT2D eigenvalue weighted by Gasteiger charge is -2.21. The Morgan fingerprint density at radius 1 is 1.28 bits per heavy atom. The van der Waals surface area contributed by atoms with Crippen molar-refractivity contribution in [1.29, 1.82) is 0 Å². The molecule has 0 aliphatic rings. The lowest BCUT2D eigenvalue weighted by molar-refractivity contribution is 0.188. The van der Waals surface area contributed by atoms with Gasteiger partial charge in [0, 0.05) is 25.8 Å². The van der Waals surface area contributed by atoms with Crippen LogP contribution in [0.25, 0.3) is 0 Å². The van der Waals surface area contributed by atoms with E-state index < -0.39 is 0 Å². The molecule has 4 heteroatoms. The van der Waals surface area contributed by atoms with E-state index in [9.17, 15) is 0 Å². The molecule has 0 bridgehead atoms. The van der Waals surface area contributed by atoms with E-state index in [1.54, 1.807) is 0 Å². The molecule has 18 heavy (non-hydrogen) atoms. The number of aliphatic hydroxyl groups excluding tert-OH is 1. The number of nitrogens with zero attached hydrogens (tertiary/aromatic N) is 2. The number of pyridine rings is 1. The molecule has 4 nitrogen and oxygen atoms in total. The van der Waals surface area contributed by atoms with Crippen molar-refractivity contribution in [1.82, 2.24) is 9.88 Å². The maximum atomic E-state index is 9.06. The summed E-state index contributed by atoms with van der Waals surface area (Å²) in [5, 5.41) is 12.2. The van der Waals surface area contributed by atoms with Crippen LogP contribution in [0.4, 0.5) is 5.82 Å². The van der Waals surface area contributed by atoms with Crippen LogP contribution in [0, 0.1) is 0 Å². The topological polar surface area (TPSA) is 48.4 Å². The number of aromatic nitrogens is 1. The lowest BCUT2D eigenvalue weighted by atomic mass is 10.2. The second kappa shape index (κ2) is 8.89. The average Bonchev–Trinajstić information content (AvgIpc) is 2.39. The fourth-order valence-corrected chi connectivity index (χ4v) is 1.85. The maximum Gasteiger partial charge on any atom is 0.125 e. The summed E-state index contributed by atoms with van der Waals surface area (Å²) in [7, 11) is 0. The quantitative estimate of drug-likeness (QED) is 0.705. The molecule has 102 valence electrons. The molecule has 0 amide bonds. The van der Waals surface area contributed by atoms with Crippen LogP contribution >= 0.6 is 0 Å². The molecule has 0 aliphatic carbocycles. The van der Waals surface area contributed by atoms with Gasteiger partial charge in [0.2, 0.25) is 0 Å². The molecule has 2 N–H and O–H groups in total. The van der Waals surface area contributed by atoms with Gasteiger partial charge in [0.05, 0.1) is 6.61 Å². The zero-order valence-corrected chi connectivity index (χ0v) is 11.5. The molecule has 0 unspecified atom stereocenters. The molecule has 0 radical (unpaired) electrons. The summed E-state index contributed by atoms with van der Waals surface area (Å²) in [6.07, 6.45) is 4.26. The molecule has 0 spiro atoms. The summed E-state index contributed by atoms with van der Waals surface area (Å²) in [4.78, 5) is 6.63. The summed E-state index contributed by atoms with van der Waals surface area (Å²) in [5.74, 6) is 0.920. The van der Waals surface area contributed by atoms with Gasteiger partial charge in [-0.3, -0.25) is 4.90 Å². The van der Waals surface area contributed by atoms with Crippen LogP contribution in [-0.2, 0) is 6.54 Å². The summed E-state index contributed by atoms with van der Waals surface area (Å²) in [6, 6.07) is 4.11. The Balaban J connectivity index is 2.51. The van der Waals surface area contributed by atoms with Crippen LogP contribution < -0.4 is 5.32 Å². The molecule has 1 heterocycles. The van der Waals surface area contributed by atoms with Gasteiger partial charge < -0.3 is 10.4 Å². The number of nitrogens with one attached hydrogen (secondary N) is 1. The van der Waals surface area contributed by atoms with Gasteiger partial charge in [0.1, 0.15) is 5.82 Å². The second-order valence-corrected chi connectivity index (χ2v) is 4.44. The Morgan fingerprint density at radius 2 is 2.11 bits per heavy atom. The fourth-order valence-electron chi connectivity index (χ4n) is 1.85. The van der Waals surface area contributed by atoms with Crippen molar-refractivity contribution in [2.75, 3.05) is 31.6 Å². The molecule has 0 saturated heterocycles. The molecule has 0 fully saturated rings. The zero-order valence-electron chi connectivity index (χ0n) is 11.5. The van der Waals surface area contributed by atoms with E-state index in [0.29, 0.717) is 0 Å². The Labute approximate surface area is 110 Å². The first-order valence-electron chi connectivity index (χ1n) is 6.82. The van der Waals surface area contributed by atoms with Gasteiger partial charge in [-0.05, 0) is 31.5 Å². The van der Waals surface area contributed by atoms with Gasteiger partial charge in [-0.1, -0.05) is 19.4 Å². The molecular weight excluding hydrogens is 226 g/mol. The van der Waals surface area contributed by atoms with Crippen LogP contribution in [0.3, 0.4) is 0 Å². The minimum absolute atomic E-state index is 0.215. The van der Waals surface area contributed by atoms with Gasteiger partial charge in [0.25, 0.3) is 0 Å². The third-order valence-corrected chi connectivity index (χ3v) is 2.83.